The molecule has 0 heterocycles. The summed E-state index contributed by atoms with van der Waals surface area (Å²) in [6.07, 6.45) is 0.172. The van der Waals surface area contributed by atoms with Crippen molar-refractivity contribution >= 4 is 33.4 Å². The van der Waals surface area contributed by atoms with E-state index < -0.39 is 5.91 Å². The minimum Gasteiger partial charge on any atom is -0.483 e. The summed E-state index contributed by atoms with van der Waals surface area (Å²) in [4.78, 5) is 24.3. The Hall–Kier alpha value is -3.86. The molecule has 2 N–H and O–H groups in total. The molecule has 0 spiro atoms. The van der Waals surface area contributed by atoms with Gasteiger partial charge in [-0.3, -0.25) is 20.4 Å². The van der Waals surface area contributed by atoms with Gasteiger partial charge in [0.2, 0.25) is 5.91 Å². The quantitative estimate of drug-likeness (QED) is 0.515. The van der Waals surface area contributed by atoms with Gasteiger partial charge < -0.3 is 4.74 Å². The van der Waals surface area contributed by atoms with Gasteiger partial charge in [0.25, 0.3) is 5.91 Å². The maximum atomic E-state index is 12.2. The molecule has 4 aromatic carbocycles. The van der Waals surface area contributed by atoms with E-state index in [0.29, 0.717) is 5.75 Å². The van der Waals surface area contributed by atoms with Crippen LogP contribution in [-0.4, -0.2) is 18.4 Å². The highest BCUT2D eigenvalue weighted by Gasteiger charge is 2.09. The van der Waals surface area contributed by atoms with Gasteiger partial charge >= 0.3 is 0 Å². The molecule has 4 aromatic rings. The maximum Gasteiger partial charge on any atom is 0.276 e. The van der Waals surface area contributed by atoms with Crippen LogP contribution in [-0.2, 0) is 16.0 Å². The van der Waals surface area contributed by atoms with E-state index in [2.05, 4.69) is 10.9 Å². The van der Waals surface area contributed by atoms with Crippen molar-refractivity contribution in [3.05, 3.63) is 90.5 Å². The normalized spacial score (nSPS) is 10.6. The van der Waals surface area contributed by atoms with Gasteiger partial charge in [0, 0.05) is 5.39 Å². The van der Waals surface area contributed by atoms with Gasteiger partial charge in [-0.2, -0.15) is 0 Å². The minimum absolute atomic E-state index is 0.172. The molecule has 0 aromatic heterocycles. The SMILES string of the molecule is O=C(COc1cccc2ccccc12)NNC(=O)Cc1cccc2ccccc12. The standard InChI is InChI=1S/C24H20N2O3/c27-23(15-19-11-5-9-17-7-1-3-12-20(17)19)25-26-24(28)16-29-22-14-6-10-18-8-2-4-13-21(18)22/h1-14H,15-16H2,(H,25,27)(H,26,28). The molecule has 5 nitrogen and oxygen atoms in total. The summed E-state index contributed by atoms with van der Waals surface area (Å²) >= 11 is 0. The van der Waals surface area contributed by atoms with E-state index in [9.17, 15) is 9.59 Å². The first-order valence-corrected chi connectivity index (χ1v) is 9.35. The smallest absolute Gasteiger partial charge is 0.276 e. The lowest BCUT2D eigenvalue weighted by Gasteiger charge is -2.11. The Bertz CT molecular complexity index is 1180. The van der Waals surface area contributed by atoms with E-state index in [4.69, 9.17) is 4.74 Å². The third-order valence-electron chi connectivity index (χ3n) is 4.68. The molecule has 29 heavy (non-hydrogen) atoms. The predicted molar refractivity (Wildman–Crippen MR) is 113 cm³/mol. The van der Waals surface area contributed by atoms with Crippen LogP contribution in [0.4, 0.5) is 0 Å². The van der Waals surface area contributed by atoms with Crippen LogP contribution in [0.15, 0.2) is 84.9 Å². The van der Waals surface area contributed by atoms with Gasteiger partial charge in [-0.25, -0.2) is 0 Å². The molecule has 0 fully saturated rings. The molecule has 0 aliphatic heterocycles. The lowest BCUT2D eigenvalue weighted by atomic mass is 10.0. The Kier molecular flexibility index (Phi) is 5.38. The molecular weight excluding hydrogens is 364 g/mol. The molecule has 4 rings (SSSR count). The zero-order valence-electron chi connectivity index (χ0n) is 15.7. The third-order valence-corrected chi connectivity index (χ3v) is 4.68. The Labute approximate surface area is 168 Å². The van der Waals surface area contributed by atoms with Gasteiger partial charge in [-0.05, 0) is 27.8 Å². The van der Waals surface area contributed by atoms with E-state index in [-0.39, 0.29) is 18.9 Å². The first kappa shape index (κ1) is 18.5. The van der Waals surface area contributed by atoms with Crippen molar-refractivity contribution in [2.24, 2.45) is 0 Å². The van der Waals surface area contributed by atoms with Crippen LogP contribution < -0.4 is 15.6 Å². The lowest BCUT2D eigenvalue weighted by molar-refractivity contribution is -0.129. The summed E-state index contributed by atoms with van der Waals surface area (Å²) < 4.78 is 5.63. The fourth-order valence-electron chi connectivity index (χ4n) is 3.30. The minimum atomic E-state index is -0.427. The number of hydrogen-bond acceptors (Lipinski definition) is 3. The van der Waals surface area contributed by atoms with Crippen molar-refractivity contribution in [1.82, 2.24) is 10.9 Å². The summed E-state index contributed by atoms with van der Waals surface area (Å²) in [6, 6.07) is 27.2. The van der Waals surface area contributed by atoms with Crippen molar-refractivity contribution in [2.45, 2.75) is 6.42 Å². The van der Waals surface area contributed by atoms with Crippen LogP contribution in [0.5, 0.6) is 5.75 Å². The predicted octanol–water partition coefficient (Wildman–Crippen LogP) is 3.76. The van der Waals surface area contributed by atoms with Crippen LogP contribution in [0.25, 0.3) is 21.5 Å². The maximum absolute atomic E-state index is 12.2. The number of carbonyl (C=O) groups excluding carboxylic acids is 2. The second kappa shape index (κ2) is 8.44. The van der Waals surface area contributed by atoms with Crippen LogP contribution in [0, 0.1) is 0 Å². The Balaban J connectivity index is 1.32. The van der Waals surface area contributed by atoms with Crippen molar-refractivity contribution in [2.75, 3.05) is 6.61 Å². The van der Waals surface area contributed by atoms with Gasteiger partial charge in [0.15, 0.2) is 6.61 Å². The van der Waals surface area contributed by atoms with Gasteiger partial charge in [-0.15, -0.1) is 0 Å². The highest BCUT2D eigenvalue weighted by atomic mass is 16.5. The Morgan fingerprint density at radius 3 is 2.03 bits per heavy atom. The zero-order valence-corrected chi connectivity index (χ0v) is 15.7. The summed E-state index contributed by atoms with van der Waals surface area (Å²) in [7, 11) is 0. The van der Waals surface area contributed by atoms with E-state index in [0.717, 1.165) is 27.1 Å². The summed E-state index contributed by atoms with van der Waals surface area (Å²) in [5.41, 5.74) is 5.76. The number of fused-ring (bicyclic) bond motifs is 2. The van der Waals surface area contributed by atoms with E-state index >= 15 is 0 Å². The largest absolute Gasteiger partial charge is 0.483 e. The number of amides is 2. The monoisotopic (exact) mass is 384 g/mol. The molecule has 0 bridgehead atoms. The number of benzene rings is 4. The average molecular weight is 384 g/mol. The van der Waals surface area contributed by atoms with Crippen LogP contribution in [0.1, 0.15) is 5.56 Å². The van der Waals surface area contributed by atoms with Crippen molar-refractivity contribution in [3.63, 3.8) is 0 Å². The van der Waals surface area contributed by atoms with E-state index in [1.54, 1.807) is 0 Å². The molecule has 2 amide bonds. The first-order valence-electron chi connectivity index (χ1n) is 9.35. The molecule has 0 unspecified atom stereocenters. The molecule has 0 aliphatic rings. The van der Waals surface area contributed by atoms with Gasteiger partial charge in [-0.1, -0.05) is 78.9 Å². The number of nitrogens with one attached hydrogen (secondary N) is 2. The third kappa shape index (κ3) is 4.35. The molecule has 0 saturated carbocycles. The summed E-state index contributed by atoms with van der Waals surface area (Å²) in [6.45, 7) is -0.192. The van der Waals surface area contributed by atoms with Crippen molar-refractivity contribution < 1.29 is 14.3 Å². The molecule has 144 valence electrons. The summed E-state index contributed by atoms with van der Waals surface area (Å²) in [5.74, 6) is -0.0931. The summed E-state index contributed by atoms with van der Waals surface area (Å²) in [5, 5.41) is 4.07. The highest BCUT2D eigenvalue weighted by Crippen LogP contribution is 2.25. The number of carbonyl (C=O) groups is 2. The number of hydrazine groups is 1. The fraction of sp³-hybridized carbons (Fsp3) is 0.0833. The average Bonchev–Trinajstić information content (AvgIpc) is 2.76. The second-order valence-electron chi connectivity index (χ2n) is 6.68. The Morgan fingerprint density at radius 2 is 1.24 bits per heavy atom. The number of ether oxygens (including phenoxy) is 1. The molecular formula is C24H20N2O3. The van der Waals surface area contributed by atoms with Crippen molar-refractivity contribution in [3.8, 4) is 5.75 Å². The van der Waals surface area contributed by atoms with Crippen LogP contribution >= 0.6 is 0 Å². The van der Waals surface area contributed by atoms with Gasteiger partial charge in [0.05, 0.1) is 6.42 Å². The highest BCUT2D eigenvalue weighted by molar-refractivity contribution is 5.91. The van der Waals surface area contributed by atoms with E-state index in [1.165, 1.54) is 0 Å². The molecule has 5 heteroatoms. The topological polar surface area (TPSA) is 67.4 Å². The zero-order chi connectivity index (χ0) is 20.1. The number of rotatable bonds is 5. The fourth-order valence-corrected chi connectivity index (χ4v) is 3.30. The van der Waals surface area contributed by atoms with E-state index in [1.807, 2.05) is 84.9 Å². The lowest BCUT2D eigenvalue weighted by Crippen LogP contribution is -2.44. The van der Waals surface area contributed by atoms with Crippen molar-refractivity contribution in [1.29, 1.82) is 0 Å². The molecule has 0 saturated heterocycles. The van der Waals surface area contributed by atoms with Crippen LogP contribution in [0.3, 0.4) is 0 Å². The molecule has 0 aliphatic carbocycles. The number of hydrogen-bond donors (Lipinski definition) is 2. The Morgan fingerprint density at radius 1 is 0.655 bits per heavy atom. The second-order valence-corrected chi connectivity index (χ2v) is 6.68. The molecule has 0 radical (unpaired) electrons. The molecule has 0 atom stereocenters. The first-order chi connectivity index (χ1) is 14.2. The van der Waals surface area contributed by atoms with Crippen LogP contribution in [0.2, 0.25) is 0 Å². The van der Waals surface area contributed by atoms with Gasteiger partial charge in [0.1, 0.15) is 5.75 Å².